The van der Waals surface area contributed by atoms with E-state index in [0.717, 1.165) is 4.47 Å². The molecule has 0 unspecified atom stereocenters. The van der Waals surface area contributed by atoms with Crippen molar-refractivity contribution in [2.24, 2.45) is 0 Å². The molecule has 0 spiro atoms. The van der Waals surface area contributed by atoms with Gasteiger partial charge in [0.15, 0.2) is 0 Å². The molecule has 1 aromatic heterocycles. The zero-order chi connectivity index (χ0) is 12.3. The third kappa shape index (κ3) is 3.40. The van der Waals surface area contributed by atoms with Crippen LogP contribution in [0.15, 0.2) is 22.8 Å². The number of hydrogen-bond donors (Lipinski definition) is 1. The van der Waals surface area contributed by atoms with Crippen molar-refractivity contribution in [1.82, 2.24) is 4.98 Å². The van der Waals surface area contributed by atoms with E-state index in [4.69, 9.17) is 4.74 Å². The smallest absolute Gasteiger partial charge is 0.236 e. The van der Waals surface area contributed by atoms with E-state index in [1.165, 1.54) is 0 Å². The molecule has 7 heteroatoms. The first-order chi connectivity index (χ1) is 8.08. The molecule has 1 saturated heterocycles. The van der Waals surface area contributed by atoms with E-state index >= 15 is 0 Å². The van der Waals surface area contributed by atoms with Crippen LogP contribution < -0.4 is 4.72 Å². The van der Waals surface area contributed by atoms with E-state index < -0.39 is 15.3 Å². The molecule has 1 aromatic rings. The maximum atomic E-state index is 12.0. The molecule has 0 bridgehead atoms. The van der Waals surface area contributed by atoms with Gasteiger partial charge < -0.3 is 4.74 Å². The van der Waals surface area contributed by atoms with Gasteiger partial charge >= 0.3 is 0 Å². The molecule has 1 aliphatic heterocycles. The Balaban J connectivity index is 2.11. The highest BCUT2D eigenvalue weighted by Gasteiger charge is 2.27. The number of nitrogens with zero attached hydrogens (tertiary/aromatic N) is 1. The first-order valence-electron chi connectivity index (χ1n) is 5.29. The number of sulfonamides is 1. The molecule has 94 valence electrons. The monoisotopic (exact) mass is 320 g/mol. The molecule has 0 aromatic carbocycles. The molecule has 0 radical (unpaired) electrons. The van der Waals surface area contributed by atoms with Crippen LogP contribution in [0.2, 0.25) is 0 Å². The Hall–Kier alpha value is -0.660. The molecule has 5 nitrogen and oxygen atoms in total. The second-order valence-electron chi connectivity index (χ2n) is 3.82. The summed E-state index contributed by atoms with van der Waals surface area (Å²) in [5.41, 5.74) is 0. The van der Waals surface area contributed by atoms with Crippen LogP contribution in [-0.2, 0) is 14.8 Å². The summed E-state index contributed by atoms with van der Waals surface area (Å²) >= 11 is 3.27. The second-order valence-corrected chi connectivity index (χ2v) is 6.69. The minimum Gasteiger partial charge on any atom is -0.381 e. The van der Waals surface area contributed by atoms with Crippen LogP contribution in [0.3, 0.4) is 0 Å². The van der Waals surface area contributed by atoms with Gasteiger partial charge in [-0.3, -0.25) is 4.72 Å². The number of halogens is 1. The Bertz CT molecular complexity index is 486. The van der Waals surface area contributed by atoms with Crippen molar-refractivity contribution in [3.05, 3.63) is 22.8 Å². The first kappa shape index (κ1) is 12.8. The summed E-state index contributed by atoms with van der Waals surface area (Å²) in [6, 6.07) is 3.38. The summed E-state index contributed by atoms with van der Waals surface area (Å²) in [6.07, 6.45) is 2.61. The third-order valence-electron chi connectivity index (χ3n) is 2.58. The molecule has 2 rings (SSSR count). The Morgan fingerprint density at radius 2 is 2.12 bits per heavy atom. The average molecular weight is 321 g/mol. The van der Waals surface area contributed by atoms with Crippen molar-refractivity contribution < 1.29 is 13.2 Å². The highest BCUT2D eigenvalue weighted by molar-refractivity contribution is 9.10. The maximum absolute atomic E-state index is 12.0. The lowest BCUT2D eigenvalue weighted by Gasteiger charge is -2.22. The van der Waals surface area contributed by atoms with Gasteiger partial charge in [-0.2, -0.15) is 0 Å². The summed E-state index contributed by atoms with van der Waals surface area (Å²) in [4.78, 5) is 3.97. The summed E-state index contributed by atoms with van der Waals surface area (Å²) in [7, 11) is -3.37. The van der Waals surface area contributed by atoms with Gasteiger partial charge in [0, 0.05) is 23.9 Å². The topological polar surface area (TPSA) is 68.3 Å². The molecule has 0 aliphatic carbocycles. The molecule has 1 N–H and O–H groups in total. The van der Waals surface area contributed by atoms with Crippen molar-refractivity contribution >= 4 is 31.8 Å². The largest absolute Gasteiger partial charge is 0.381 e. The fraction of sp³-hybridized carbons (Fsp3) is 0.500. The molecule has 0 amide bonds. The average Bonchev–Trinajstić information content (AvgIpc) is 2.29. The predicted molar refractivity (Wildman–Crippen MR) is 68.3 cm³/mol. The lowest BCUT2D eigenvalue weighted by molar-refractivity contribution is 0.0984. The van der Waals surface area contributed by atoms with Gasteiger partial charge in [0.1, 0.15) is 5.82 Å². The zero-order valence-electron chi connectivity index (χ0n) is 9.10. The first-order valence-corrected chi connectivity index (χ1v) is 7.63. The number of ether oxygens (including phenoxy) is 1. The molecule has 1 fully saturated rings. The Kier molecular flexibility index (Phi) is 4.01. The second kappa shape index (κ2) is 5.32. The standard InChI is InChI=1S/C10H13BrN2O3S/c11-8-1-4-12-10(7-8)13-17(14,15)9-2-5-16-6-3-9/h1,4,7,9H,2-3,5-6H2,(H,12,13). The van der Waals surface area contributed by atoms with Gasteiger partial charge in [0.2, 0.25) is 10.0 Å². The Labute approximate surface area is 109 Å². The van der Waals surface area contributed by atoms with Crippen molar-refractivity contribution in [2.75, 3.05) is 17.9 Å². The van der Waals surface area contributed by atoms with Crippen molar-refractivity contribution in [1.29, 1.82) is 0 Å². The van der Waals surface area contributed by atoms with Crippen LogP contribution >= 0.6 is 15.9 Å². The van der Waals surface area contributed by atoms with Gasteiger partial charge in [-0.1, -0.05) is 15.9 Å². The number of anilines is 1. The summed E-state index contributed by atoms with van der Waals surface area (Å²) < 4.78 is 32.5. The molecule has 2 heterocycles. The molecular weight excluding hydrogens is 308 g/mol. The van der Waals surface area contributed by atoms with E-state index in [2.05, 4.69) is 25.6 Å². The molecule has 0 atom stereocenters. The van der Waals surface area contributed by atoms with Gasteiger partial charge in [-0.05, 0) is 25.0 Å². The van der Waals surface area contributed by atoms with E-state index in [1.807, 2.05) is 0 Å². The minimum atomic E-state index is -3.37. The minimum absolute atomic E-state index is 0.339. The SMILES string of the molecule is O=S(=O)(Nc1cc(Br)ccn1)C1CCOCC1. The van der Waals surface area contributed by atoms with Crippen molar-refractivity contribution in [3.8, 4) is 0 Å². The van der Waals surface area contributed by atoms with E-state index in [-0.39, 0.29) is 0 Å². The highest BCUT2D eigenvalue weighted by atomic mass is 79.9. The lowest BCUT2D eigenvalue weighted by atomic mass is 10.2. The van der Waals surface area contributed by atoms with Crippen LogP contribution in [0.1, 0.15) is 12.8 Å². The van der Waals surface area contributed by atoms with Crippen molar-refractivity contribution in [3.63, 3.8) is 0 Å². The summed E-state index contributed by atoms with van der Waals surface area (Å²) in [6.45, 7) is 0.995. The number of hydrogen-bond acceptors (Lipinski definition) is 4. The van der Waals surface area contributed by atoms with Gasteiger partial charge in [-0.15, -0.1) is 0 Å². The van der Waals surface area contributed by atoms with E-state index in [9.17, 15) is 8.42 Å². The van der Waals surface area contributed by atoms with Crippen LogP contribution in [-0.4, -0.2) is 31.9 Å². The van der Waals surface area contributed by atoms with Crippen molar-refractivity contribution in [2.45, 2.75) is 18.1 Å². The molecule has 17 heavy (non-hydrogen) atoms. The Morgan fingerprint density at radius 3 is 2.76 bits per heavy atom. The number of rotatable bonds is 3. The maximum Gasteiger partial charge on any atom is 0.236 e. The lowest BCUT2D eigenvalue weighted by Crippen LogP contribution is -2.33. The zero-order valence-corrected chi connectivity index (χ0v) is 11.5. The van der Waals surface area contributed by atoms with E-state index in [1.54, 1.807) is 18.3 Å². The van der Waals surface area contributed by atoms with Crippen LogP contribution in [0.25, 0.3) is 0 Å². The fourth-order valence-electron chi connectivity index (χ4n) is 1.68. The number of nitrogens with one attached hydrogen (secondary N) is 1. The predicted octanol–water partition coefficient (Wildman–Crippen LogP) is 1.76. The Morgan fingerprint density at radius 1 is 1.41 bits per heavy atom. The quantitative estimate of drug-likeness (QED) is 0.921. The van der Waals surface area contributed by atoms with E-state index in [0.29, 0.717) is 31.9 Å². The fourth-order valence-corrected chi connectivity index (χ4v) is 3.39. The van der Waals surface area contributed by atoms with Crippen LogP contribution in [0.4, 0.5) is 5.82 Å². The normalized spacial score (nSPS) is 17.9. The third-order valence-corrected chi connectivity index (χ3v) is 4.91. The number of pyridine rings is 1. The highest BCUT2D eigenvalue weighted by Crippen LogP contribution is 2.19. The molecular formula is C10H13BrN2O3S. The van der Waals surface area contributed by atoms with Gasteiger partial charge in [0.05, 0.1) is 5.25 Å². The molecule has 0 saturated carbocycles. The van der Waals surface area contributed by atoms with Gasteiger partial charge in [-0.25, -0.2) is 13.4 Å². The van der Waals surface area contributed by atoms with Crippen LogP contribution in [0, 0.1) is 0 Å². The summed E-state index contributed by atoms with van der Waals surface area (Å²) in [5.74, 6) is 0.339. The van der Waals surface area contributed by atoms with Crippen LogP contribution in [0.5, 0.6) is 0 Å². The van der Waals surface area contributed by atoms with Gasteiger partial charge in [0.25, 0.3) is 0 Å². The molecule has 1 aliphatic rings. The summed E-state index contributed by atoms with van der Waals surface area (Å²) in [5, 5.41) is -0.392. The number of aromatic nitrogens is 1.